The molecule has 3 nitrogen and oxygen atoms in total. The Balaban J connectivity index is 1.61. The number of fused-ring (bicyclic) bond motifs is 6. The maximum atomic E-state index is 2.47. The molecule has 0 aliphatic carbocycles. The average Bonchev–Trinajstić information content (AvgIpc) is 3.40. The lowest BCUT2D eigenvalue weighted by Crippen LogP contribution is -2.36. The van der Waals surface area contributed by atoms with E-state index in [1.807, 2.05) is 0 Å². The van der Waals surface area contributed by atoms with Gasteiger partial charge in [-0.05, 0) is 61.7 Å². The summed E-state index contributed by atoms with van der Waals surface area (Å²) in [6, 6.07) is 35.5. The van der Waals surface area contributed by atoms with Crippen molar-refractivity contribution in [2.75, 3.05) is 0 Å². The Hall–Kier alpha value is -4.37. The first-order valence-corrected chi connectivity index (χ1v) is 13.0. The number of hydrogen-bond acceptors (Lipinski definition) is 0. The van der Waals surface area contributed by atoms with Gasteiger partial charge in [-0.1, -0.05) is 72.3 Å². The van der Waals surface area contributed by atoms with Crippen LogP contribution in [0.4, 0.5) is 0 Å². The summed E-state index contributed by atoms with van der Waals surface area (Å²) >= 11 is 0. The molecule has 0 unspecified atom stereocenters. The second-order valence-electron chi connectivity index (χ2n) is 10.3. The van der Waals surface area contributed by atoms with Gasteiger partial charge in [0.2, 0.25) is 11.5 Å². The van der Waals surface area contributed by atoms with Crippen molar-refractivity contribution < 1.29 is 4.57 Å². The van der Waals surface area contributed by atoms with E-state index in [-0.39, 0.29) is 0 Å². The number of hydrogen-bond donors (Lipinski definition) is 0. The van der Waals surface area contributed by atoms with E-state index in [0.717, 1.165) is 6.54 Å². The molecule has 7 aromatic rings. The summed E-state index contributed by atoms with van der Waals surface area (Å²) in [6.07, 6.45) is 0. The smallest absolute Gasteiger partial charge is 0.237 e. The lowest BCUT2D eigenvalue weighted by atomic mass is 10.0. The van der Waals surface area contributed by atoms with Crippen LogP contribution in [-0.4, -0.2) is 9.13 Å². The lowest BCUT2D eigenvalue weighted by Gasteiger charge is -2.11. The Morgan fingerprint density at radius 2 is 1.41 bits per heavy atom. The molecule has 7 rings (SSSR count). The number of benzene rings is 4. The van der Waals surface area contributed by atoms with Crippen LogP contribution in [0.5, 0.6) is 0 Å². The van der Waals surface area contributed by atoms with Crippen molar-refractivity contribution in [1.82, 2.24) is 9.13 Å². The second-order valence-corrected chi connectivity index (χ2v) is 10.3. The van der Waals surface area contributed by atoms with Crippen molar-refractivity contribution in [3.8, 4) is 5.82 Å². The number of nitrogens with zero attached hydrogens (tertiary/aromatic N) is 3. The maximum Gasteiger partial charge on any atom is 0.237 e. The molecule has 0 saturated carbocycles. The summed E-state index contributed by atoms with van der Waals surface area (Å²) in [5, 5.41) is 5.19. The molecule has 3 heteroatoms. The summed E-state index contributed by atoms with van der Waals surface area (Å²) in [4.78, 5) is 0. The highest BCUT2D eigenvalue weighted by Gasteiger charge is 2.25. The molecule has 0 spiro atoms. The first-order valence-electron chi connectivity index (χ1n) is 13.0. The van der Waals surface area contributed by atoms with Crippen molar-refractivity contribution >= 4 is 43.7 Å². The Labute approximate surface area is 216 Å². The van der Waals surface area contributed by atoms with E-state index in [4.69, 9.17) is 0 Å². The van der Waals surface area contributed by atoms with Crippen molar-refractivity contribution in [1.29, 1.82) is 0 Å². The zero-order valence-corrected chi connectivity index (χ0v) is 21.8. The predicted octanol–water partition coefficient (Wildman–Crippen LogP) is 7.69. The highest BCUT2D eigenvalue weighted by atomic mass is 15.2. The van der Waals surface area contributed by atoms with Crippen LogP contribution in [0.25, 0.3) is 49.6 Å². The van der Waals surface area contributed by atoms with Crippen LogP contribution in [-0.2, 0) is 13.6 Å². The van der Waals surface area contributed by atoms with Crippen molar-refractivity contribution in [2.24, 2.45) is 7.05 Å². The molecule has 0 aliphatic heterocycles. The molecule has 37 heavy (non-hydrogen) atoms. The molecule has 0 atom stereocenters. The fourth-order valence-corrected chi connectivity index (χ4v) is 6.10. The minimum absolute atomic E-state index is 0.826. The van der Waals surface area contributed by atoms with Crippen LogP contribution >= 0.6 is 0 Å². The predicted molar refractivity (Wildman–Crippen MR) is 155 cm³/mol. The Kier molecular flexibility index (Phi) is 4.77. The zero-order valence-electron chi connectivity index (χ0n) is 21.8. The number of aromatic nitrogens is 3. The molecule has 180 valence electrons. The normalized spacial score (nSPS) is 11.9. The SMILES string of the molecule is Cc1ccc2c(c1)c1ccc(C)c(C)c1n2-c1ccc2c3ccccc3n(Cc3ccccc3)c2[n+]1C. The third-order valence-electron chi connectivity index (χ3n) is 8.06. The van der Waals surface area contributed by atoms with Crippen molar-refractivity contribution in [3.63, 3.8) is 0 Å². The third-order valence-corrected chi connectivity index (χ3v) is 8.06. The topological polar surface area (TPSA) is 13.7 Å². The molecule has 0 aliphatic rings. The largest absolute Gasteiger partial charge is 0.254 e. The molecular formula is C34H30N3+. The molecule has 0 N–H and O–H groups in total. The van der Waals surface area contributed by atoms with Crippen LogP contribution in [0, 0.1) is 20.8 Å². The minimum Gasteiger partial charge on any atom is -0.254 e. The van der Waals surface area contributed by atoms with Crippen LogP contribution in [0.2, 0.25) is 0 Å². The fourth-order valence-electron chi connectivity index (χ4n) is 6.10. The molecule has 4 aromatic carbocycles. The minimum atomic E-state index is 0.826. The van der Waals surface area contributed by atoms with Gasteiger partial charge in [0.1, 0.15) is 16.6 Å². The monoisotopic (exact) mass is 480 g/mol. The Bertz CT molecular complexity index is 1990. The third kappa shape index (κ3) is 3.17. The Morgan fingerprint density at radius 3 is 2.24 bits per heavy atom. The molecule has 3 aromatic heterocycles. The summed E-state index contributed by atoms with van der Waals surface area (Å²) in [5.74, 6) is 1.17. The van der Waals surface area contributed by atoms with Gasteiger partial charge in [-0.25, -0.2) is 9.13 Å². The highest BCUT2D eigenvalue weighted by molar-refractivity contribution is 6.11. The molecule has 3 heterocycles. The van der Waals surface area contributed by atoms with Crippen molar-refractivity contribution in [2.45, 2.75) is 27.3 Å². The van der Waals surface area contributed by atoms with E-state index >= 15 is 0 Å². The zero-order chi connectivity index (χ0) is 25.3. The maximum absolute atomic E-state index is 2.47. The number of pyridine rings is 1. The summed E-state index contributed by atoms with van der Waals surface area (Å²) in [7, 11) is 2.22. The van der Waals surface area contributed by atoms with Gasteiger partial charge in [-0.15, -0.1) is 0 Å². The second kappa shape index (κ2) is 8.07. The summed E-state index contributed by atoms with van der Waals surface area (Å²) < 4.78 is 7.33. The highest BCUT2D eigenvalue weighted by Crippen LogP contribution is 2.36. The van der Waals surface area contributed by atoms with Gasteiger partial charge < -0.3 is 0 Å². The van der Waals surface area contributed by atoms with Crippen LogP contribution in [0.15, 0.2) is 97.1 Å². The van der Waals surface area contributed by atoms with E-state index in [1.165, 1.54) is 71.8 Å². The van der Waals surface area contributed by atoms with Gasteiger partial charge in [-0.2, -0.15) is 0 Å². The van der Waals surface area contributed by atoms with Crippen LogP contribution in [0.1, 0.15) is 22.3 Å². The first-order chi connectivity index (χ1) is 18.0. The average molecular weight is 481 g/mol. The van der Waals surface area contributed by atoms with Gasteiger partial charge in [0.05, 0.1) is 19.0 Å². The molecule has 0 fully saturated rings. The molecule has 0 radical (unpaired) electrons. The van der Waals surface area contributed by atoms with E-state index in [1.54, 1.807) is 0 Å². The molecule has 0 bridgehead atoms. The van der Waals surface area contributed by atoms with Crippen molar-refractivity contribution in [3.05, 3.63) is 119 Å². The van der Waals surface area contributed by atoms with E-state index in [2.05, 4.69) is 139 Å². The number of rotatable bonds is 3. The number of para-hydroxylation sites is 1. The van der Waals surface area contributed by atoms with Crippen LogP contribution < -0.4 is 4.57 Å². The number of aryl methyl sites for hydroxylation is 4. The van der Waals surface area contributed by atoms with Gasteiger partial charge in [-0.3, -0.25) is 4.57 Å². The fraction of sp³-hybridized carbons (Fsp3) is 0.147. The van der Waals surface area contributed by atoms with Gasteiger partial charge in [0.25, 0.3) is 0 Å². The lowest BCUT2D eigenvalue weighted by molar-refractivity contribution is -0.641. The molecule has 0 saturated heterocycles. The van der Waals surface area contributed by atoms with Gasteiger partial charge in [0.15, 0.2) is 0 Å². The Morgan fingerprint density at radius 1 is 0.649 bits per heavy atom. The summed E-state index contributed by atoms with van der Waals surface area (Å²) in [5.41, 5.74) is 10.3. The van der Waals surface area contributed by atoms with E-state index in [9.17, 15) is 0 Å². The molecule has 0 amide bonds. The quantitative estimate of drug-likeness (QED) is 0.230. The van der Waals surface area contributed by atoms with Gasteiger partial charge >= 0.3 is 0 Å². The van der Waals surface area contributed by atoms with E-state index < -0.39 is 0 Å². The van der Waals surface area contributed by atoms with Gasteiger partial charge in [0, 0.05) is 22.2 Å². The van der Waals surface area contributed by atoms with Crippen LogP contribution in [0.3, 0.4) is 0 Å². The summed E-state index contributed by atoms with van der Waals surface area (Å²) in [6.45, 7) is 7.47. The standard InChI is InChI=1S/C34H30N3/c1-22-14-18-31-29(20-22)27-16-15-23(2)24(3)33(27)37(31)32-19-17-28-26-12-8-9-13-30(26)36(34(28)35(32)4)21-25-10-6-5-7-11-25/h5-20H,21H2,1-4H3/q+1. The molecular weight excluding hydrogens is 450 g/mol. The first kappa shape index (κ1) is 21.9. The van der Waals surface area contributed by atoms with E-state index in [0.29, 0.717) is 0 Å².